The molecule has 11 heteroatoms. The van der Waals surface area contributed by atoms with E-state index in [0.717, 1.165) is 17.1 Å². The number of carbonyl (C=O) groups is 2. The molecule has 0 aliphatic heterocycles. The average Bonchev–Trinajstić information content (AvgIpc) is 2.97. The molecule has 0 radical (unpaired) electrons. The van der Waals surface area contributed by atoms with Gasteiger partial charge in [-0.1, -0.05) is 67.7 Å². The average molecular weight is 621 g/mol. The molecule has 0 aliphatic carbocycles. The van der Waals surface area contributed by atoms with Gasteiger partial charge in [-0.05, 0) is 66.9 Å². The van der Waals surface area contributed by atoms with Gasteiger partial charge in [0.05, 0.1) is 17.7 Å². The van der Waals surface area contributed by atoms with Crippen molar-refractivity contribution in [3.05, 3.63) is 88.4 Å². The molecule has 3 rings (SSSR count). The fraction of sp³-hybridized carbons (Fsp3) is 0.333. The van der Waals surface area contributed by atoms with E-state index < -0.39 is 28.5 Å². The lowest BCUT2D eigenvalue weighted by Crippen LogP contribution is -2.52. The minimum absolute atomic E-state index is 0.0175. The van der Waals surface area contributed by atoms with Crippen LogP contribution >= 0.6 is 23.2 Å². The number of carbonyl (C=O) groups excluding carboxylic acids is 2. The Kier molecular flexibility index (Phi) is 11.9. The third-order valence-electron chi connectivity index (χ3n) is 6.54. The van der Waals surface area contributed by atoms with Gasteiger partial charge in [-0.15, -0.1) is 0 Å². The van der Waals surface area contributed by atoms with Crippen molar-refractivity contribution in [2.45, 2.75) is 50.6 Å². The van der Waals surface area contributed by atoms with Crippen molar-refractivity contribution in [1.82, 2.24) is 10.2 Å². The van der Waals surface area contributed by atoms with Gasteiger partial charge >= 0.3 is 0 Å². The number of amides is 2. The number of methoxy groups -OCH3 is 1. The first-order chi connectivity index (χ1) is 19.6. The van der Waals surface area contributed by atoms with Crippen LogP contribution in [-0.4, -0.2) is 51.4 Å². The molecule has 3 aromatic rings. The number of anilines is 1. The number of nitrogens with one attached hydrogen (secondary N) is 1. The monoisotopic (exact) mass is 619 g/mol. The Balaban J connectivity index is 2.05. The normalized spacial score (nSPS) is 11.9. The molecule has 220 valence electrons. The predicted molar refractivity (Wildman–Crippen MR) is 163 cm³/mol. The highest BCUT2D eigenvalue weighted by Crippen LogP contribution is 2.28. The molecule has 1 N–H and O–H groups in total. The van der Waals surface area contributed by atoms with E-state index in [9.17, 15) is 18.0 Å². The summed E-state index contributed by atoms with van der Waals surface area (Å²) in [6.45, 7) is 3.72. The molecule has 8 nitrogen and oxygen atoms in total. The summed E-state index contributed by atoms with van der Waals surface area (Å²) in [7, 11) is -2.65. The highest BCUT2D eigenvalue weighted by atomic mass is 35.5. The van der Waals surface area contributed by atoms with Crippen LogP contribution in [0.3, 0.4) is 0 Å². The van der Waals surface area contributed by atoms with Crippen molar-refractivity contribution in [1.29, 1.82) is 0 Å². The fourth-order valence-electron chi connectivity index (χ4n) is 4.26. The molecule has 0 aromatic heterocycles. The fourth-order valence-corrected chi connectivity index (χ4v) is 6.16. The number of benzene rings is 3. The highest BCUT2D eigenvalue weighted by molar-refractivity contribution is 7.92. The van der Waals surface area contributed by atoms with Crippen LogP contribution in [0.25, 0.3) is 0 Å². The molecule has 2 amide bonds. The number of hydrogen-bond acceptors (Lipinski definition) is 5. The number of ether oxygens (including phenoxy) is 1. The minimum Gasteiger partial charge on any atom is -0.497 e. The first kappa shape index (κ1) is 32.2. The topological polar surface area (TPSA) is 96.0 Å². The lowest BCUT2D eigenvalue weighted by molar-refractivity contribution is -0.140. The van der Waals surface area contributed by atoms with E-state index in [0.29, 0.717) is 34.3 Å². The van der Waals surface area contributed by atoms with E-state index >= 15 is 0 Å². The van der Waals surface area contributed by atoms with Gasteiger partial charge in [0, 0.05) is 23.1 Å². The second-order valence-corrected chi connectivity index (χ2v) is 12.1. The van der Waals surface area contributed by atoms with E-state index in [2.05, 4.69) is 5.32 Å². The van der Waals surface area contributed by atoms with E-state index in [1.807, 2.05) is 6.92 Å². The zero-order chi connectivity index (χ0) is 30.0. The summed E-state index contributed by atoms with van der Waals surface area (Å²) in [5.74, 6) is -0.351. The van der Waals surface area contributed by atoms with Crippen LogP contribution in [-0.2, 0) is 26.2 Å². The summed E-state index contributed by atoms with van der Waals surface area (Å²) < 4.78 is 34.0. The van der Waals surface area contributed by atoms with Crippen molar-refractivity contribution >= 4 is 50.7 Å². The maximum absolute atomic E-state index is 14.1. The summed E-state index contributed by atoms with van der Waals surface area (Å²) in [5.41, 5.74) is 0.846. The second kappa shape index (κ2) is 15.1. The molecular weight excluding hydrogens is 585 g/mol. The summed E-state index contributed by atoms with van der Waals surface area (Å²) in [6.07, 6.45) is 2.00. The van der Waals surface area contributed by atoms with E-state index in [1.54, 1.807) is 67.6 Å². The third kappa shape index (κ3) is 8.38. The Labute approximate surface area is 252 Å². The minimum atomic E-state index is -4.16. The number of sulfonamides is 1. The van der Waals surface area contributed by atoms with E-state index in [-0.39, 0.29) is 23.0 Å². The lowest BCUT2D eigenvalue weighted by Gasteiger charge is -2.33. The Morgan fingerprint density at radius 2 is 1.66 bits per heavy atom. The molecule has 1 atom stereocenters. The van der Waals surface area contributed by atoms with Gasteiger partial charge in [0.15, 0.2) is 0 Å². The number of hydrogen-bond donors (Lipinski definition) is 1. The van der Waals surface area contributed by atoms with Gasteiger partial charge in [-0.25, -0.2) is 8.42 Å². The Morgan fingerprint density at radius 1 is 0.976 bits per heavy atom. The van der Waals surface area contributed by atoms with Gasteiger partial charge < -0.3 is 15.0 Å². The maximum atomic E-state index is 14.1. The first-order valence-corrected chi connectivity index (χ1v) is 15.5. The number of rotatable bonds is 14. The Bertz CT molecular complexity index is 1420. The van der Waals surface area contributed by atoms with Crippen LogP contribution in [0.15, 0.2) is 77.7 Å². The molecule has 0 heterocycles. The predicted octanol–water partition coefficient (Wildman–Crippen LogP) is 5.92. The van der Waals surface area contributed by atoms with Crippen LogP contribution in [0.5, 0.6) is 5.75 Å². The molecule has 0 aliphatic rings. The highest BCUT2D eigenvalue weighted by Gasteiger charge is 2.34. The number of halogens is 2. The SMILES string of the molecule is CCCCNC(=O)C(CC)N(Cc1ccc(Cl)cc1Cl)C(=O)CN(c1ccc(OC)cc1)S(=O)(=O)c1ccccc1. The zero-order valence-corrected chi connectivity index (χ0v) is 25.7. The van der Waals surface area contributed by atoms with Crippen molar-refractivity contribution in [2.24, 2.45) is 0 Å². The van der Waals surface area contributed by atoms with Crippen LogP contribution < -0.4 is 14.4 Å². The van der Waals surface area contributed by atoms with Gasteiger partial charge in [0.25, 0.3) is 10.0 Å². The summed E-state index contributed by atoms with van der Waals surface area (Å²) in [6, 6.07) is 18.3. The molecule has 0 saturated carbocycles. The maximum Gasteiger partial charge on any atom is 0.264 e. The summed E-state index contributed by atoms with van der Waals surface area (Å²) >= 11 is 12.5. The van der Waals surface area contributed by atoms with Crippen molar-refractivity contribution in [2.75, 3.05) is 24.5 Å². The van der Waals surface area contributed by atoms with Crippen LogP contribution in [0.4, 0.5) is 5.69 Å². The van der Waals surface area contributed by atoms with Crippen LogP contribution in [0.2, 0.25) is 10.0 Å². The zero-order valence-electron chi connectivity index (χ0n) is 23.3. The molecule has 0 bridgehead atoms. The number of nitrogens with zero attached hydrogens (tertiary/aromatic N) is 2. The van der Waals surface area contributed by atoms with Gasteiger partial charge in [0.2, 0.25) is 11.8 Å². The standard InChI is InChI=1S/C30H35Cl2N3O5S/c1-4-6-18-33-30(37)28(5-2)34(20-22-12-13-23(31)19-27(22)32)29(36)21-35(24-14-16-25(40-3)17-15-24)41(38,39)26-10-8-7-9-11-26/h7-17,19,28H,4-6,18,20-21H2,1-3H3,(H,33,37). The summed E-state index contributed by atoms with van der Waals surface area (Å²) in [5, 5.41) is 3.67. The second-order valence-electron chi connectivity index (χ2n) is 9.35. The molecule has 0 spiro atoms. The van der Waals surface area contributed by atoms with Gasteiger partial charge in [-0.3, -0.25) is 13.9 Å². The Hall–Kier alpha value is -3.27. The molecule has 41 heavy (non-hydrogen) atoms. The molecular formula is C30H35Cl2N3O5S. The van der Waals surface area contributed by atoms with E-state index in [4.69, 9.17) is 27.9 Å². The van der Waals surface area contributed by atoms with Crippen molar-refractivity contribution in [3.8, 4) is 5.75 Å². The first-order valence-electron chi connectivity index (χ1n) is 13.3. The quantitative estimate of drug-likeness (QED) is 0.226. The van der Waals surface area contributed by atoms with Crippen molar-refractivity contribution in [3.63, 3.8) is 0 Å². The molecule has 1 unspecified atom stereocenters. The van der Waals surface area contributed by atoms with E-state index in [1.165, 1.54) is 24.1 Å². The lowest BCUT2D eigenvalue weighted by atomic mass is 10.1. The smallest absolute Gasteiger partial charge is 0.264 e. The van der Waals surface area contributed by atoms with Gasteiger partial charge in [0.1, 0.15) is 18.3 Å². The molecule has 0 fully saturated rings. The Morgan fingerprint density at radius 3 is 2.24 bits per heavy atom. The van der Waals surface area contributed by atoms with Crippen molar-refractivity contribution < 1.29 is 22.7 Å². The van der Waals surface area contributed by atoms with Crippen LogP contribution in [0, 0.1) is 0 Å². The third-order valence-corrected chi connectivity index (χ3v) is 8.92. The largest absolute Gasteiger partial charge is 0.497 e. The molecule has 0 saturated heterocycles. The summed E-state index contributed by atoms with van der Waals surface area (Å²) in [4.78, 5) is 28.8. The van der Waals surface area contributed by atoms with Gasteiger partial charge in [-0.2, -0.15) is 0 Å². The number of unbranched alkanes of at least 4 members (excludes halogenated alkanes) is 1. The molecule has 3 aromatic carbocycles. The van der Waals surface area contributed by atoms with Crippen LogP contribution in [0.1, 0.15) is 38.7 Å².